The maximum absolute atomic E-state index is 5.83. The van der Waals surface area contributed by atoms with Crippen molar-refractivity contribution in [1.29, 1.82) is 0 Å². The van der Waals surface area contributed by atoms with Gasteiger partial charge in [0.2, 0.25) is 0 Å². The molecule has 3 rings (SSSR count). The second kappa shape index (κ2) is 12.3. The van der Waals surface area contributed by atoms with Gasteiger partial charge in [0.05, 0.1) is 18.8 Å². The molecule has 0 aromatic heterocycles. The van der Waals surface area contributed by atoms with E-state index in [1.54, 1.807) is 0 Å². The van der Waals surface area contributed by atoms with Gasteiger partial charge in [-0.25, -0.2) is 4.99 Å². The number of hydrogen-bond donors (Lipinski definition) is 2. The number of benzene rings is 1. The summed E-state index contributed by atoms with van der Waals surface area (Å²) in [5, 5.41) is 6.73. The van der Waals surface area contributed by atoms with Crippen LogP contribution in [0.1, 0.15) is 51.2 Å². The molecular weight excluding hydrogens is 376 g/mol. The van der Waals surface area contributed by atoms with Gasteiger partial charge >= 0.3 is 0 Å². The zero-order valence-corrected chi connectivity index (χ0v) is 19.0. The third kappa shape index (κ3) is 8.62. The monoisotopic (exact) mass is 416 g/mol. The topological polar surface area (TPSA) is 58.1 Å². The summed E-state index contributed by atoms with van der Waals surface area (Å²) in [6.45, 7) is 13.6. The Morgan fingerprint density at radius 2 is 1.80 bits per heavy atom. The SMILES string of the molecule is CCNC(=NCc1ccc(CN2CC(C)OC(C)C2)cc1)NCCCOCC1CC1. The third-order valence-electron chi connectivity index (χ3n) is 5.50. The smallest absolute Gasteiger partial charge is 0.191 e. The Hall–Kier alpha value is -1.63. The lowest BCUT2D eigenvalue weighted by atomic mass is 10.1. The van der Waals surface area contributed by atoms with Crippen molar-refractivity contribution in [1.82, 2.24) is 15.5 Å². The quantitative estimate of drug-likeness (QED) is 0.330. The van der Waals surface area contributed by atoms with Crippen LogP contribution in [0.15, 0.2) is 29.3 Å². The van der Waals surface area contributed by atoms with Crippen LogP contribution in [0.25, 0.3) is 0 Å². The molecule has 6 heteroatoms. The Morgan fingerprint density at radius 3 is 2.47 bits per heavy atom. The van der Waals surface area contributed by atoms with Crippen molar-refractivity contribution in [2.75, 3.05) is 39.4 Å². The first-order valence-electron chi connectivity index (χ1n) is 11.7. The lowest BCUT2D eigenvalue weighted by Gasteiger charge is -2.35. The van der Waals surface area contributed by atoms with Crippen molar-refractivity contribution in [2.24, 2.45) is 10.9 Å². The number of ether oxygens (including phenoxy) is 2. The van der Waals surface area contributed by atoms with Crippen molar-refractivity contribution in [3.63, 3.8) is 0 Å². The Balaban J connectivity index is 1.39. The van der Waals surface area contributed by atoms with Crippen LogP contribution in [-0.4, -0.2) is 62.5 Å². The number of hydrogen-bond acceptors (Lipinski definition) is 4. The molecule has 2 fully saturated rings. The number of morpholine rings is 1. The highest BCUT2D eigenvalue weighted by Crippen LogP contribution is 2.28. The van der Waals surface area contributed by atoms with E-state index in [2.05, 4.69) is 60.6 Å². The van der Waals surface area contributed by atoms with Gasteiger partial charge in [-0.3, -0.25) is 4.90 Å². The molecule has 1 aromatic rings. The fraction of sp³-hybridized carbons (Fsp3) is 0.708. The fourth-order valence-electron chi connectivity index (χ4n) is 3.85. The standard InChI is InChI=1S/C24H40N4O2/c1-4-25-24(26-12-5-13-29-18-23-10-11-23)27-14-21-6-8-22(9-7-21)17-28-15-19(2)30-20(3)16-28/h6-9,19-20,23H,4-5,10-18H2,1-3H3,(H2,25,26,27). The molecule has 1 saturated carbocycles. The van der Waals surface area contributed by atoms with E-state index in [-0.39, 0.29) is 0 Å². The predicted octanol–water partition coefficient (Wildman–Crippen LogP) is 3.17. The van der Waals surface area contributed by atoms with Gasteiger partial charge in [0.25, 0.3) is 0 Å². The fourth-order valence-corrected chi connectivity index (χ4v) is 3.85. The van der Waals surface area contributed by atoms with Gasteiger partial charge in [0, 0.05) is 45.9 Å². The molecule has 2 aliphatic rings. The lowest BCUT2D eigenvalue weighted by Crippen LogP contribution is -2.44. The molecule has 168 valence electrons. The van der Waals surface area contributed by atoms with Crippen molar-refractivity contribution in [3.05, 3.63) is 35.4 Å². The molecule has 0 radical (unpaired) electrons. The minimum absolute atomic E-state index is 0.309. The number of guanidine groups is 1. The molecular formula is C24H40N4O2. The second-order valence-electron chi connectivity index (χ2n) is 8.76. The van der Waals surface area contributed by atoms with Crippen LogP contribution in [0.2, 0.25) is 0 Å². The van der Waals surface area contributed by atoms with E-state index >= 15 is 0 Å². The second-order valence-corrected chi connectivity index (χ2v) is 8.76. The summed E-state index contributed by atoms with van der Waals surface area (Å²) in [6.07, 6.45) is 4.32. The highest BCUT2D eigenvalue weighted by Gasteiger charge is 2.22. The molecule has 2 N–H and O–H groups in total. The van der Waals surface area contributed by atoms with E-state index in [0.29, 0.717) is 18.8 Å². The molecule has 6 nitrogen and oxygen atoms in total. The molecule has 1 aromatic carbocycles. The summed E-state index contributed by atoms with van der Waals surface area (Å²) in [4.78, 5) is 7.21. The Bertz CT molecular complexity index is 635. The van der Waals surface area contributed by atoms with Crippen LogP contribution in [0, 0.1) is 5.92 Å². The average Bonchev–Trinajstić information content (AvgIpc) is 3.53. The van der Waals surface area contributed by atoms with Gasteiger partial charge in [-0.15, -0.1) is 0 Å². The first-order chi connectivity index (χ1) is 14.6. The van der Waals surface area contributed by atoms with Crippen molar-refractivity contribution in [2.45, 2.75) is 65.3 Å². The molecule has 1 aliphatic carbocycles. The predicted molar refractivity (Wildman–Crippen MR) is 123 cm³/mol. The zero-order chi connectivity index (χ0) is 21.2. The normalized spacial score (nSPS) is 22.8. The highest BCUT2D eigenvalue weighted by atomic mass is 16.5. The van der Waals surface area contributed by atoms with Crippen LogP contribution in [0.5, 0.6) is 0 Å². The van der Waals surface area contributed by atoms with Crippen LogP contribution < -0.4 is 10.6 Å². The summed E-state index contributed by atoms with van der Waals surface area (Å²) in [5.74, 6) is 1.71. The van der Waals surface area contributed by atoms with E-state index in [4.69, 9.17) is 14.5 Å². The molecule has 0 bridgehead atoms. The molecule has 1 aliphatic heterocycles. The van der Waals surface area contributed by atoms with Gasteiger partial charge in [-0.2, -0.15) is 0 Å². The van der Waals surface area contributed by atoms with E-state index < -0.39 is 0 Å². The van der Waals surface area contributed by atoms with Gasteiger partial charge in [0.15, 0.2) is 5.96 Å². The highest BCUT2D eigenvalue weighted by molar-refractivity contribution is 5.79. The minimum Gasteiger partial charge on any atom is -0.381 e. The van der Waals surface area contributed by atoms with Crippen LogP contribution in [0.3, 0.4) is 0 Å². The third-order valence-corrected chi connectivity index (χ3v) is 5.50. The van der Waals surface area contributed by atoms with Crippen molar-refractivity contribution >= 4 is 5.96 Å². The molecule has 2 atom stereocenters. The molecule has 1 saturated heterocycles. The Labute approximate surface area is 182 Å². The van der Waals surface area contributed by atoms with E-state index in [9.17, 15) is 0 Å². The van der Waals surface area contributed by atoms with Crippen LogP contribution in [0.4, 0.5) is 0 Å². The summed E-state index contributed by atoms with van der Waals surface area (Å²) < 4.78 is 11.5. The Kier molecular flexibility index (Phi) is 9.43. The molecule has 2 unspecified atom stereocenters. The van der Waals surface area contributed by atoms with Gasteiger partial charge in [-0.1, -0.05) is 24.3 Å². The first kappa shape index (κ1) is 23.0. The Morgan fingerprint density at radius 1 is 1.10 bits per heavy atom. The summed E-state index contributed by atoms with van der Waals surface area (Å²) in [5.41, 5.74) is 2.58. The van der Waals surface area contributed by atoms with E-state index in [1.165, 1.54) is 24.0 Å². The minimum atomic E-state index is 0.309. The van der Waals surface area contributed by atoms with Gasteiger partial charge < -0.3 is 20.1 Å². The maximum atomic E-state index is 5.83. The number of nitrogens with zero attached hydrogens (tertiary/aromatic N) is 2. The number of rotatable bonds is 11. The molecule has 0 spiro atoms. The van der Waals surface area contributed by atoms with E-state index in [0.717, 1.165) is 64.2 Å². The van der Waals surface area contributed by atoms with Gasteiger partial charge in [-0.05, 0) is 57.1 Å². The van der Waals surface area contributed by atoms with Crippen molar-refractivity contribution < 1.29 is 9.47 Å². The number of aliphatic imine (C=N–C) groups is 1. The average molecular weight is 417 g/mol. The zero-order valence-electron chi connectivity index (χ0n) is 19.0. The summed E-state index contributed by atoms with van der Waals surface area (Å²) >= 11 is 0. The molecule has 30 heavy (non-hydrogen) atoms. The molecule has 0 amide bonds. The molecule has 1 heterocycles. The maximum Gasteiger partial charge on any atom is 0.191 e. The number of nitrogens with one attached hydrogen (secondary N) is 2. The van der Waals surface area contributed by atoms with Crippen LogP contribution in [-0.2, 0) is 22.6 Å². The largest absolute Gasteiger partial charge is 0.381 e. The summed E-state index contributed by atoms with van der Waals surface area (Å²) in [6, 6.07) is 8.85. The van der Waals surface area contributed by atoms with E-state index in [1.807, 2.05) is 0 Å². The van der Waals surface area contributed by atoms with Crippen LogP contribution >= 0.6 is 0 Å². The van der Waals surface area contributed by atoms with Gasteiger partial charge in [0.1, 0.15) is 0 Å². The summed E-state index contributed by atoms with van der Waals surface area (Å²) in [7, 11) is 0. The first-order valence-corrected chi connectivity index (χ1v) is 11.7. The van der Waals surface area contributed by atoms with Crippen molar-refractivity contribution in [3.8, 4) is 0 Å². The lowest BCUT2D eigenvalue weighted by molar-refractivity contribution is -0.0704.